The minimum atomic E-state index is -0.161. The first-order valence-electron chi connectivity index (χ1n) is 7.05. The minimum absolute atomic E-state index is 0.161. The molecule has 1 aliphatic heterocycles. The number of nitrogens with zero attached hydrogens (tertiary/aromatic N) is 1. The van der Waals surface area contributed by atoms with Gasteiger partial charge in [0.1, 0.15) is 0 Å². The molecule has 0 aromatic heterocycles. The molecule has 0 radical (unpaired) electrons. The van der Waals surface area contributed by atoms with Crippen LogP contribution in [0.2, 0.25) is 0 Å². The molecule has 0 aromatic carbocycles. The van der Waals surface area contributed by atoms with Crippen LogP contribution in [0.15, 0.2) is 0 Å². The summed E-state index contributed by atoms with van der Waals surface area (Å²) >= 11 is 0. The lowest BCUT2D eigenvalue weighted by Crippen LogP contribution is -2.57. The van der Waals surface area contributed by atoms with Crippen molar-refractivity contribution in [3.05, 3.63) is 0 Å². The second kappa shape index (κ2) is 5.25. The van der Waals surface area contributed by atoms with E-state index in [1.165, 1.54) is 6.42 Å². The zero-order valence-corrected chi connectivity index (χ0v) is 11.6. The Kier molecular flexibility index (Phi) is 4.11. The SMILES string of the molecule is CC1CC(C)C(N2C[C@@H](C)O[C@@H](C)C2)C(O)C1. The third kappa shape index (κ3) is 3.01. The molecule has 0 amide bonds. The van der Waals surface area contributed by atoms with Gasteiger partial charge in [0.05, 0.1) is 18.3 Å². The maximum Gasteiger partial charge on any atom is 0.0700 e. The van der Waals surface area contributed by atoms with E-state index in [0.717, 1.165) is 19.5 Å². The van der Waals surface area contributed by atoms with E-state index in [1.54, 1.807) is 0 Å². The molecule has 2 aliphatic rings. The summed E-state index contributed by atoms with van der Waals surface area (Å²) in [4.78, 5) is 2.46. The fraction of sp³-hybridized carbons (Fsp3) is 1.00. The molecule has 17 heavy (non-hydrogen) atoms. The van der Waals surface area contributed by atoms with Crippen molar-refractivity contribution >= 4 is 0 Å². The number of hydrogen-bond acceptors (Lipinski definition) is 3. The summed E-state index contributed by atoms with van der Waals surface area (Å²) in [5.41, 5.74) is 0. The van der Waals surface area contributed by atoms with Crippen LogP contribution in [-0.2, 0) is 4.74 Å². The number of aliphatic hydroxyl groups is 1. The van der Waals surface area contributed by atoms with Gasteiger partial charge in [-0.3, -0.25) is 4.90 Å². The lowest BCUT2D eigenvalue weighted by Gasteiger charge is -2.47. The van der Waals surface area contributed by atoms with E-state index in [0.29, 0.717) is 17.9 Å². The maximum absolute atomic E-state index is 10.4. The molecule has 2 fully saturated rings. The van der Waals surface area contributed by atoms with Gasteiger partial charge in [-0.25, -0.2) is 0 Å². The summed E-state index contributed by atoms with van der Waals surface area (Å²) in [6, 6.07) is 0.333. The van der Waals surface area contributed by atoms with Gasteiger partial charge in [-0.1, -0.05) is 13.8 Å². The van der Waals surface area contributed by atoms with Crippen molar-refractivity contribution < 1.29 is 9.84 Å². The average molecular weight is 241 g/mol. The first kappa shape index (κ1) is 13.3. The van der Waals surface area contributed by atoms with E-state index in [1.807, 2.05) is 0 Å². The zero-order chi connectivity index (χ0) is 12.6. The molecule has 3 heteroatoms. The third-order valence-corrected chi connectivity index (χ3v) is 4.26. The second-order valence-electron chi connectivity index (χ2n) is 6.32. The van der Waals surface area contributed by atoms with Gasteiger partial charge in [-0.2, -0.15) is 0 Å². The quantitative estimate of drug-likeness (QED) is 0.761. The Bertz CT molecular complexity index is 237. The molecule has 1 heterocycles. The maximum atomic E-state index is 10.4. The van der Waals surface area contributed by atoms with Crippen molar-refractivity contribution in [1.29, 1.82) is 0 Å². The number of aliphatic hydroxyl groups excluding tert-OH is 1. The summed E-state index contributed by atoms with van der Waals surface area (Å²) < 4.78 is 5.78. The highest BCUT2D eigenvalue weighted by Gasteiger charge is 2.39. The van der Waals surface area contributed by atoms with Gasteiger partial charge in [0.2, 0.25) is 0 Å². The molecule has 100 valence electrons. The topological polar surface area (TPSA) is 32.7 Å². The van der Waals surface area contributed by atoms with Gasteiger partial charge in [0.15, 0.2) is 0 Å². The van der Waals surface area contributed by atoms with Crippen LogP contribution in [0.25, 0.3) is 0 Å². The Morgan fingerprint density at radius 2 is 1.59 bits per heavy atom. The Morgan fingerprint density at radius 1 is 1.00 bits per heavy atom. The highest BCUT2D eigenvalue weighted by atomic mass is 16.5. The molecular formula is C14H27NO2. The van der Waals surface area contributed by atoms with Crippen molar-refractivity contribution in [1.82, 2.24) is 4.90 Å². The molecule has 1 N–H and O–H groups in total. The van der Waals surface area contributed by atoms with Crippen LogP contribution in [0.5, 0.6) is 0 Å². The summed E-state index contributed by atoms with van der Waals surface area (Å²) in [6.07, 6.45) is 2.61. The van der Waals surface area contributed by atoms with Crippen LogP contribution in [0.4, 0.5) is 0 Å². The fourth-order valence-electron chi connectivity index (χ4n) is 3.87. The molecular weight excluding hydrogens is 214 g/mol. The first-order chi connectivity index (χ1) is 7.97. The largest absolute Gasteiger partial charge is 0.391 e. The highest BCUT2D eigenvalue weighted by molar-refractivity contribution is 4.92. The van der Waals surface area contributed by atoms with Crippen molar-refractivity contribution in [2.75, 3.05) is 13.1 Å². The Hall–Kier alpha value is -0.120. The molecule has 4 unspecified atom stereocenters. The lowest BCUT2D eigenvalue weighted by atomic mass is 9.77. The van der Waals surface area contributed by atoms with Gasteiger partial charge in [0.25, 0.3) is 0 Å². The van der Waals surface area contributed by atoms with E-state index in [9.17, 15) is 5.11 Å². The van der Waals surface area contributed by atoms with Gasteiger partial charge >= 0.3 is 0 Å². The number of rotatable bonds is 1. The normalized spacial score (nSPS) is 49.2. The first-order valence-corrected chi connectivity index (χ1v) is 7.05. The number of morpholine rings is 1. The van der Waals surface area contributed by atoms with Crippen molar-refractivity contribution in [2.45, 2.75) is 64.9 Å². The van der Waals surface area contributed by atoms with Gasteiger partial charge in [-0.05, 0) is 38.5 Å². The number of hydrogen-bond donors (Lipinski definition) is 1. The molecule has 2 rings (SSSR count). The molecule has 0 aromatic rings. The summed E-state index contributed by atoms with van der Waals surface area (Å²) in [5, 5.41) is 10.4. The van der Waals surface area contributed by atoms with E-state index >= 15 is 0 Å². The van der Waals surface area contributed by atoms with Crippen LogP contribution in [0, 0.1) is 11.8 Å². The monoisotopic (exact) mass is 241 g/mol. The van der Waals surface area contributed by atoms with Crippen LogP contribution >= 0.6 is 0 Å². The van der Waals surface area contributed by atoms with Crippen LogP contribution in [-0.4, -0.2) is 47.4 Å². The van der Waals surface area contributed by atoms with Crippen LogP contribution in [0.3, 0.4) is 0 Å². The van der Waals surface area contributed by atoms with Crippen LogP contribution in [0.1, 0.15) is 40.5 Å². The lowest BCUT2D eigenvalue weighted by molar-refractivity contribution is -0.115. The van der Waals surface area contributed by atoms with Gasteiger partial charge < -0.3 is 9.84 Å². The highest BCUT2D eigenvalue weighted by Crippen LogP contribution is 2.33. The predicted molar refractivity (Wildman–Crippen MR) is 68.9 cm³/mol. The fourth-order valence-corrected chi connectivity index (χ4v) is 3.87. The smallest absolute Gasteiger partial charge is 0.0700 e. The van der Waals surface area contributed by atoms with E-state index in [4.69, 9.17) is 4.74 Å². The molecule has 6 atom stereocenters. The average Bonchev–Trinajstić information content (AvgIpc) is 2.13. The molecule has 0 spiro atoms. The van der Waals surface area contributed by atoms with Gasteiger partial charge in [0, 0.05) is 19.1 Å². The Morgan fingerprint density at radius 3 is 2.12 bits per heavy atom. The Balaban J connectivity index is 2.04. The van der Waals surface area contributed by atoms with Crippen molar-refractivity contribution in [3.63, 3.8) is 0 Å². The summed E-state index contributed by atoms with van der Waals surface area (Å²) in [6.45, 7) is 10.7. The summed E-state index contributed by atoms with van der Waals surface area (Å²) in [5.74, 6) is 1.25. The molecule has 1 aliphatic carbocycles. The molecule has 3 nitrogen and oxygen atoms in total. The predicted octanol–water partition coefficient (Wildman–Crippen LogP) is 1.89. The molecule has 1 saturated carbocycles. The Labute approximate surface area is 105 Å². The summed E-state index contributed by atoms with van der Waals surface area (Å²) in [7, 11) is 0. The minimum Gasteiger partial charge on any atom is -0.391 e. The van der Waals surface area contributed by atoms with Crippen LogP contribution < -0.4 is 0 Å². The van der Waals surface area contributed by atoms with Gasteiger partial charge in [-0.15, -0.1) is 0 Å². The van der Waals surface area contributed by atoms with Crippen molar-refractivity contribution in [3.8, 4) is 0 Å². The third-order valence-electron chi connectivity index (χ3n) is 4.26. The van der Waals surface area contributed by atoms with E-state index in [2.05, 4.69) is 32.6 Å². The molecule has 1 saturated heterocycles. The standard InChI is InChI=1S/C14H27NO2/c1-9-5-10(2)14(13(16)6-9)15-7-11(3)17-12(4)8-15/h9-14,16H,5-8H2,1-4H3/t9?,10?,11-,12+,13?,14?. The number of ether oxygens (including phenoxy) is 1. The van der Waals surface area contributed by atoms with E-state index < -0.39 is 0 Å². The second-order valence-corrected chi connectivity index (χ2v) is 6.32. The van der Waals surface area contributed by atoms with E-state index in [-0.39, 0.29) is 18.3 Å². The van der Waals surface area contributed by atoms with Crippen molar-refractivity contribution in [2.24, 2.45) is 11.8 Å². The zero-order valence-electron chi connectivity index (χ0n) is 11.6. The molecule has 0 bridgehead atoms.